The molecule has 0 aliphatic heterocycles. The van der Waals surface area contributed by atoms with Gasteiger partial charge >= 0.3 is 0 Å². The van der Waals surface area contributed by atoms with Gasteiger partial charge in [-0.2, -0.15) is 0 Å². The van der Waals surface area contributed by atoms with Crippen LogP contribution in [0.4, 0.5) is 0 Å². The van der Waals surface area contributed by atoms with Crippen LogP contribution in [0, 0.1) is 0 Å². The Bertz CT molecular complexity index is 289. The maximum atomic E-state index is 10.4. The van der Waals surface area contributed by atoms with Crippen molar-refractivity contribution in [3.8, 4) is 0 Å². The fourth-order valence-electron chi connectivity index (χ4n) is 2.37. The topological polar surface area (TPSA) is 60.9 Å². The quantitative estimate of drug-likeness (QED) is 0.679. The number of nitrogens with zero attached hydrogens (tertiary/aromatic N) is 1. The number of hydrogen-bond donors (Lipinski definition) is 3. The molecule has 0 amide bonds. The lowest BCUT2D eigenvalue weighted by atomic mass is 9.94. The van der Waals surface area contributed by atoms with E-state index in [1.165, 1.54) is 12.8 Å². The number of aliphatic hydroxyl groups is 1. The van der Waals surface area contributed by atoms with Gasteiger partial charge in [-0.25, -0.2) is 4.98 Å². The molecule has 1 aliphatic carbocycles. The summed E-state index contributed by atoms with van der Waals surface area (Å²) >= 11 is 0. The summed E-state index contributed by atoms with van der Waals surface area (Å²) in [5.74, 6) is 0. The van der Waals surface area contributed by atoms with Crippen molar-refractivity contribution < 1.29 is 5.11 Å². The number of nitrogens with one attached hydrogen (secondary N) is 2. The molecule has 4 heteroatoms. The first-order chi connectivity index (χ1) is 7.79. The average molecular weight is 223 g/mol. The molecule has 0 aromatic carbocycles. The summed E-state index contributed by atoms with van der Waals surface area (Å²) in [7, 11) is 0. The molecule has 1 aromatic rings. The zero-order chi connectivity index (χ0) is 11.3. The first kappa shape index (κ1) is 11.6. The van der Waals surface area contributed by atoms with Crippen LogP contribution in [0.2, 0.25) is 0 Å². The summed E-state index contributed by atoms with van der Waals surface area (Å²) < 4.78 is 0. The standard InChI is InChI=1S/C12H21N3O/c16-12(5-3-1-2-4-6-12)9-13-7-11-8-14-10-15-11/h8,10,13,16H,1-7,9H2,(H,14,15). The molecule has 0 spiro atoms. The molecule has 1 heterocycles. The number of hydrogen-bond acceptors (Lipinski definition) is 3. The number of rotatable bonds is 4. The van der Waals surface area contributed by atoms with Crippen molar-refractivity contribution in [3.63, 3.8) is 0 Å². The van der Waals surface area contributed by atoms with Crippen molar-refractivity contribution in [2.24, 2.45) is 0 Å². The molecule has 1 fully saturated rings. The van der Waals surface area contributed by atoms with E-state index in [1.807, 2.05) is 6.20 Å². The number of aromatic nitrogens is 2. The van der Waals surface area contributed by atoms with E-state index in [-0.39, 0.29) is 0 Å². The van der Waals surface area contributed by atoms with Crippen LogP contribution in [-0.4, -0.2) is 27.2 Å². The molecule has 2 rings (SSSR count). The van der Waals surface area contributed by atoms with Gasteiger partial charge in [-0.05, 0) is 12.8 Å². The van der Waals surface area contributed by atoms with Crippen molar-refractivity contribution in [3.05, 3.63) is 18.2 Å². The Morgan fingerprint density at radius 1 is 1.31 bits per heavy atom. The zero-order valence-electron chi connectivity index (χ0n) is 9.71. The lowest BCUT2D eigenvalue weighted by Crippen LogP contribution is -2.39. The van der Waals surface area contributed by atoms with Crippen LogP contribution < -0.4 is 5.32 Å². The minimum atomic E-state index is -0.490. The summed E-state index contributed by atoms with van der Waals surface area (Å²) in [6.07, 6.45) is 10.2. The minimum Gasteiger partial charge on any atom is -0.389 e. The van der Waals surface area contributed by atoms with E-state index >= 15 is 0 Å². The van der Waals surface area contributed by atoms with E-state index in [2.05, 4.69) is 15.3 Å². The van der Waals surface area contributed by atoms with Crippen molar-refractivity contribution in [2.45, 2.75) is 50.7 Å². The molecule has 90 valence electrons. The second kappa shape index (κ2) is 5.46. The van der Waals surface area contributed by atoms with Gasteiger partial charge in [0.25, 0.3) is 0 Å². The summed E-state index contributed by atoms with van der Waals surface area (Å²) in [4.78, 5) is 7.01. The van der Waals surface area contributed by atoms with Gasteiger partial charge in [0.05, 0.1) is 11.9 Å². The first-order valence-corrected chi connectivity index (χ1v) is 6.19. The Kier molecular flexibility index (Phi) is 3.96. The summed E-state index contributed by atoms with van der Waals surface area (Å²) in [6, 6.07) is 0. The van der Waals surface area contributed by atoms with Crippen molar-refractivity contribution in [1.82, 2.24) is 15.3 Å². The fourth-order valence-corrected chi connectivity index (χ4v) is 2.37. The Hall–Kier alpha value is -0.870. The molecule has 1 saturated carbocycles. The first-order valence-electron chi connectivity index (χ1n) is 6.19. The van der Waals surface area contributed by atoms with Gasteiger partial charge in [0, 0.05) is 25.0 Å². The van der Waals surface area contributed by atoms with Crippen LogP contribution in [0.1, 0.15) is 44.2 Å². The third kappa shape index (κ3) is 3.32. The fraction of sp³-hybridized carbons (Fsp3) is 0.750. The average Bonchev–Trinajstić information content (AvgIpc) is 2.68. The second-order valence-electron chi connectivity index (χ2n) is 4.82. The lowest BCUT2D eigenvalue weighted by molar-refractivity contribution is 0.0250. The molecule has 0 saturated heterocycles. The Labute approximate surface area is 96.5 Å². The van der Waals surface area contributed by atoms with Crippen LogP contribution in [0.5, 0.6) is 0 Å². The largest absolute Gasteiger partial charge is 0.389 e. The molecule has 0 bridgehead atoms. The number of aromatic amines is 1. The minimum absolute atomic E-state index is 0.490. The molecule has 4 nitrogen and oxygen atoms in total. The summed E-state index contributed by atoms with van der Waals surface area (Å²) in [6.45, 7) is 1.44. The van der Waals surface area contributed by atoms with Crippen LogP contribution in [0.3, 0.4) is 0 Å². The van der Waals surface area contributed by atoms with Gasteiger partial charge in [0.2, 0.25) is 0 Å². The highest BCUT2D eigenvalue weighted by Crippen LogP contribution is 2.26. The van der Waals surface area contributed by atoms with Gasteiger partial charge in [-0.3, -0.25) is 0 Å². The van der Waals surface area contributed by atoms with Gasteiger partial charge in [0.1, 0.15) is 0 Å². The zero-order valence-corrected chi connectivity index (χ0v) is 9.71. The highest BCUT2D eigenvalue weighted by molar-refractivity contribution is 4.94. The van der Waals surface area contributed by atoms with Gasteiger partial charge in [-0.15, -0.1) is 0 Å². The van der Waals surface area contributed by atoms with E-state index in [4.69, 9.17) is 0 Å². The monoisotopic (exact) mass is 223 g/mol. The molecular formula is C12H21N3O. The third-order valence-electron chi connectivity index (χ3n) is 3.36. The van der Waals surface area contributed by atoms with Gasteiger partial charge in [0.15, 0.2) is 0 Å². The molecule has 1 aliphatic rings. The molecule has 0 radical (unpaired) electrons. The van der Waals surface area contributed by atoms with E-state index in [1.54, 1.807) is 6.33 Å². The molecule has 0 unspecified atom stereocenters. The van der Waals surface area contributed by atoms with E-state index in [0.29, 0.717) is 6.54 Å². The maximum Gasteiger partial charge on any atom is 0.0922 e. The van der Waals surface area contributed by atoms with Crippen molar-refractivity contribution >= 4 is 0 Å². The highest BCUT2D eigenvalue weighted by Gasteiger charge is 2.27. The molecule has 1 aromatic heterocycles. The van der Waals surface area contributed by atoms with Gasteiger partial charge in [-0.1, -0.05) is 25.7 Å². The number of H-pyrrole nitrogens is 1. The molecule has 3 N–H and O–H groups in total. The number of imidazole rings is 1. The SMILES string of the molecule is OC1(CNCc2cnc[nH]2)CCCCCC1. The van der Waals surface area contributed by atoms with Crippen molar-refractivity contribution in [1.29, 1.82) is 0 Å². The van der Waals surface area contributed by atoms with Crippen LogP contribution in [0.15, 0.2) is 12.5 Å². The van der Waals surface area contributed by atoms with Crippen LogP contribution in [-0.2, 0) is 6.54 Å². The highest BCUT2D eigenvalue weighted by atomic mass is 16.3. The third-order valence-corrected chi connectivity index (χ3v) is 3.36. The molecular weight excluding hydrogens is 202 g/mol. The predicted molar refractivity (Wildman–Crippen MR) is 62.9 cm³/mol. The summed E-state index contributed by atoms with van der Waals surface area (Å²) in [5, 5.41) is 13.7. The van der Waals surface area contributed by atoms with Crippen molar-refractivity contribution in [2.75, 3.05) is 6.54 Å². The summed E-state index contributed by atoms with van der Waals surface area (Å²) in [5.41, 5.74) is 0.577. The Morgan fingerprint density at radius 3 is 2.69 bits per heavy atom. The predicted octanol–water partition coefficient (Wildman–Crippen LogP) is 1.58. The smallest absolute Gasteiger partial charge is 0.0922 e. The molecule has 0 atom stereocenters. The molecule has 16 heavy (non-hydrogen) atoms. The second-order valence-corrected chi connectivity index (χ2v) is 4.82. The van der Waals surface area contributed by atoms with E-state index in [0.717, 1.165) is 37.9 Å². The van der Waals surface area contributed by atoms with E-state index in [9.17, 15) is 5.11 Å². The van der Waals surface area contributed by atoms with E-state index < -0.39 is 5.60 Å². The maximum absolute atomic E-state index is 10.4. The van der Waals surface area contributed by atoms with Crippen LogP contribution in [0.25, 0.3) is 0 Å². The van der Waals surface area contributed by atoms with Gasteiger partial charge < -0.3 is 15.4 Å². The lowest BCUT2D eigenvalue weighted by Gasteiger charge is -2.26. The Balaban J connectivity index is 1.75. The normalized spacial score (nSPS) is 20.6. The van der Waals surface area contributed by atoms with Crippen LogP contribution >= 0.6 is 0 Å². The Morgan fingerprint density at radius 2 is 2.06 bits per heavy atom.